The molecule has 4 heteroatoms. The number of nitrogens with zero attached hydrogens (tertiary/aromatic N) is 3. The summed E-state index contributed by atoms with van der Waals surface area (Å²) in [6.07, 6.45) is 4.56. The van der Waals surface area contributed by atoms with Crippen molar-refractivity contribution in [2.75, 3.05) is 26.2 Å². The van der Waals surface area contributed by atoms with E-state index < -0.39 is 0 Å². The molecule has 2 unspecified atom stereocenters. The summed E-state index contributed by atoms with van der Waals surface area (Å²) in [5.74, 6) is 0.816. The zero-order valence-electron chi connectivity index (χ0n) is 12.6. The first-order chi connectivity index (χ1) is 9.22. The summed E-state index contributed by atoms with van der Waals surface area (Å²) < 4.78 is 2.07. The van der Waals surface area contributed by atoms with Gasteiger partial charge in [0.15, 0.2) is 0 Å². The Morgan fingerprint density at radius 2 is 2.32 bits per heavy atom. The number of hydrogen-bond acceptors (Lipinski definition) is 3. The second kappa shape index (κ2) is 7.06. The van der Waals surface area contributed by atoms with Gasteiger partial charge in [0, 0.05) is 25.3 Å². The van der Waals surface area contributed by atoms with Gasteiger partial charge in [0.1, 0.15) is 0 Å². The first-order valence-electron chi connectivity index (χ1n) is 7.70. The molecule has 0 bridgehead atoms. The molecule has 2 atom stereocenters. The lowest BCUT2D eigenvalue weighted by Gasteiger charge is -2.13. The summed E-state index contributed by atoms with van der Waals surface area (Å²) in [5, 5.41) is 8.18. The van der Waals surface area contributed by atoms with Crippen molar-refractivity contribution in [3.8, 4) is 0 Å². The average Bonchev–Trinajstić information content (AvgIpc) is 3.07. The van der Waals surface area contributed by atoms with Crippen LogP contribution < -0.4 is 5.32 Å². The summed E-state index contributed by atoms with van der Waals surface area (Å²) in [6.45, 7) is 12.4. The van der Waals surface area contributed by atoms with E-state index in [9.17, 15) is 0 Å². The number of nitrogens with one attached hydrogen (secondary N) is 1. The van der Waals surface area contributed by atoms with Gasteiger partial charge in [-0.2, -0.15) is 5.10 Å². The number of likely N-dealkylation sites (tertiary alicyclic amines) is 1. The second-order valence-corrected chi connectivity index (χ2v) is 5.72. The predicted octanol–water partition coefficient (Wildman–Crippen LogP) is 2.29. The van der Waals surface area contributed by atoms with E-state index in [2.05, 4.69) is 53.0 Å². The molecule has 19 heavy (non-hydrogen) atoms. The monoisotopic (exact) mass is 264 g/mol. The van der Waals surface area contributed by atoms with Gasteiger partial charge in [-0.1, -0.05) is 13.8 Å². The fourth-order valence-corrected chi connectivity index (χ4v) is 2.68. The average molecular weight is 264 g/mol. The minimum absolute atomic E-state index is 0.502. The largest absolute Gasteiger partial charge is 0.311 e. The molecule has 0 saturated carbocycles. The molecule has 0 radical (unpaired) electrons. The topological polar surface area (TPSA) is 33.1 Å². The molecular weight excluding hydrogens is 236 g/mol. The Balaban J connectivity index is 1.70. The van der Waals surface area contributed by atoms with Gasteiger partial charge in [-0.3, -0.25) is 4.68 Å². The lowest BCUT2D eigenvalue weighted by Crippen LogP contribution is -2.26. The van der Waals surface area contributed by atoms with E-state index in [0.717, 1.165) is 31.1 Å². The summed E-state index contributed by atoms with van der Waals surface area (Å²) in [4.78, 5) is 2.53. The van der Waals surface area contributed by atoms with E-state index in [1.165, 1.54) is 26.1 Å². The van der Waals surface area contributed by atoms with Crippen molar-refractivity contribution >= 4 is 0 Å². The van der Waals surface area contributed by atoms with Crippen LogP contribution in [0.1, 0.15) is 45.3 Å². The van der Waals surface area contributed by atoms with Gasteiger partial charge >= 0.3 is 0 Å². The molecule has 4 nitrogen and oxygen atoms in total. The Hall–Kier alpha value is -0.870. The normalized spacial score (nSPS) is 21.9. The number of aromatic nitrogens is 2. The van der Waals surface area contributed by atoms with Crippen molar-refractivity contribution in [1.82, 2.24) is 20.0 Å². The first-order valence-corrected chi connectivity index (χ1v) is 7.70. The summed E-state index contributed by atoms with van der Waals surface area (Å²) >= 11 is 0. The van der Waals surface area contributed by atoms with Crippen LogP contribution in [0.4, 0.5) is 0 Å². The van der Waals surface area contributed by atoms with Gasteiger partial charge in [0.2, 0.25) is 0 Å². The molecule has 0 aromatic carbocycles. The molecule has 0 aliphatic carbocycles. The Morgan fingerprint density at radius 1 is 1.47 bits per heavy atom. The molecule has 1 N–H and O–H groups in total. The van der Waals surface area contributed by atoms with Crippen LogP contribution in [-0.2, 0) is 6.54 Å². The molecular formula is C15H28N4. The molecule has 1 aliphatic rings. The third-order valence-electron chi connectivity index (χ3n) is 4.26. The van der Waals surface area contributed by atoms with Gasteiger partial charge in [0.05, 0.1) is 5.69 Å². The zero-order valence-corrected chi connectivity index (χ0v) is 12.6. The Morgan fingerprint density at radius 3 is 3.00 bits per heavy atom. The van der Waals surface area contributed by atoms with Gasteiger partial charge < -0.3 is 10.2 Å². The summed E-state index contributed by atoms with van der Waals surface area (Å²) in [7, 11) is 0. The van der Waals surface area contributed by atoms with Crippen molar-refractivity contribution in [2.45, 2.75) is 46.2 Å². The highest BCUT2D eigenvalue weighted by Gasteiger charge is 2.20. The number of hydrogen-bond donors (Lipinski definition) is 1. The fourth-order valence-electron chi connectivity index (χ4n) is 2.68. The highest BCUT2D eigenvalue weighted by molar-refractivity contribution is 4.99. The molecule has 2 heterocycles. The molecule has 1 aromatic rings. The van der Waals surface area contributed by atoms with Crippen molar-refractivity contribution in [3.05, 3.63) is 18.0 Å². The molecule has 0 amide bonds. The maximum atomic E-state index is 4.62. The van der Waals surface area contributed by atoms with Crippen molar-refractivity contribution < 1.29 is 0 Å². The fraction of sp³-hybridized carbons (Fsp3) is 0.800. The molecule has 0 spiro atoms. The van der Waals surface area contributed by atoms with Gasteiger partial charge in [-0.15, -0.1) is 0 Å². The van der Waals surface area contributed by atoms with Crippen LogP contribution in [0.15, 0.2) is 12.3 Å². The van der Waals surface area contributed by atoms with Crippen LogP contribution in [-0.4, -0.2) is 40.9 Å². The van der Waals surface area contributed by atoms with Crippen molar-refractivity contribution in [1.29, 1.82) is 0 Å². The standard InChI is InChI=1S/C15H28N4/c1-4-13(3)19-9-7-15(17-19)11-16-10-14-6-8-18(5-2)12-14/h7,9,13-14,16H,4-6,8,10-12H2,1-3H3. The highest BCUT2D eigenvalue weighted by atomic mass is 15.3. The van der Waals surface area contributed by atoms with E-state index >= 15 is 0 Å². The van der Waals surface area contributed by atoms with Crippen LogP contribution in [0.3, 0.4) is 0 Å². The summed E-state index contributed by atoms with van der Waals surface area (Å²) in [6, 6.07) is 2.63. The van der Waals surface area contributed by atoms with E-state index in [4.69, 9.17) is 0 Å². The molecule has 1 saturated heterocycles. The predicted molar refractivity (Wildman–Crippen MR) is 79.2 cm³/mol. The molecule has 1 aliphatic heterocycles. The second-order valence-electron chi connectivity index (χ2n) is 5.72. The van der Waals surface area contributed by atoms with E-state index in [1.54, 1.807) is 0 Å². The highest BCUT2D eigenvalue weighted by Crippen LogP contribution is 2.14. The Bertz CT molecular complexity index is 374. The van der Waals surface area contributed by atoms with Crippen LogP contribution >= 0.6 is 0 Å². The Labute approximate surface area is 117 Å². The van der Waals surface area contributed by atoms with Crippen molar-refractivity contribution in [2.24, 2.45) is 5.92 Å². The molecule has 108 valence electrons. The third kappa shape index (κ3) is 4.05. The van der Waals surface area contributed by atoms with Gasteiger partial charge in [-0.05, 0) is 51.4 Å². The smallest absolute Gasteiger partial charge is 0.0762 e. The van der Waals surface area contributed by atoms with Gasteiger partial charge in [0.25, 0.3) is 0 Å². The Kier molecular flexibility index (Phi) is 5.40. The molecule has 2 rings (SSSR count). The third-order valence-corrected chi connectivity index (χ3v) is 4.26. The van der Waals surface area contributed by atoms with Crippen molar-refractivity contribution in [3.63, 3.8) is 0 Å². The van der Waals surface area contributed by atoms with E-state index in [0.29, 0.717) is 6.04 Å². The lowest BCUT2D eigenvalue weighted by molar-refractivity contribution is 0.338. The molecule has 1 fully saturated rings. The van der Waals surface area contributed by atoms with Crippen LogP contribution in [0.2, 0.25) is 0 Å². The number of rotatable bonds is 7. The van der Waals surface area contributed by atoms with E-state index in [1.807, 2.05) is 0 Å². The lowest BCUT2D eigenvalue weighted by atomic mass is 10.1. The zero-order chi connectivity index (χ0) is 13.7. The van der Waals surface area contributed by atoms with Crippen LogP contribution in [0, 0.1) is 5.92 Å². The van der Waals surface area contributed by atoms with Crippen LogP contribution in [0.25, 0.3) is 0 Å². The minimum atomic E-state index is 0.502. The quantitative estimate of drug-likeness (QED) is 0.820. The minimum Gasteiger partial charge on any atom is -0.311 e. The first kappa shape index (κ1) is 14.5. The van der Waals surface area contributed by atoms with Gasteiger partial charge in [-0.25, -0.2) is 0 Å². The maximum absolute atomic E-state index is 4.62. The SMILES string of the molecule is CCC(C)n1ccc(CNCC2CCN(CC)C2)n1. The summed E-state index contributed by atoms with van der Waals surface area (Å²) in [5.41, 5.74) is 1.16. The maximum Gasteiger partial charge on any atom is 0.0762 e. The van der Waals surface area contributed by atoms with E-state index in [-0.39, 0.29) is 0 Å². The van der Waals surface area contributed by atoms with Crippen LogP contribution in [0.5, 0.6) is 0 Å². The molecule has 1 aromatic heterocycles.